The third-order valence-corrected chi connectivity index (χ3v) is 11.2. The molecule has 0 saturated heterocycles. The molecule has 0 unspecified atom stereocenters. The molecule has 2 heteroatoms. The van der Waals surface area contributed by atoms with E-state index >= 15 is 0 Å². The van der Waals surface area contributed by atoms with Crippen LogP contribution >= 0.6 is 7.26 Å². The van der Waals surface area contributed by atoms with Gasteiger partial charge in [0, 0.05) is 0 Å². The molecule has 0 spiro atoms. The average Bonchev–Trinajstić information content (AvgIpc) is 2.85. The zero-order valence-electron chi connectivity index (χ0n) is 19.7. The normalized spacial score (nSPS) is 11.4. The minimum Gasteiger partial charge on any atom is -0.496 e. The van der Waals surface area contributed by atoms with Gasteiger partial charge in [-0.25, -0.2) is 0 Å². The predicted molar refractivity (Wildman–Crippen MR) is 141 cm³/mol. The van der Waals surface area contributed by atoms with Crippen LogP contribution in [0.4, 0.5) is 0 Å². The molecule has 32 heavy (non-hydrogen) atoms. The van der Waals surface area contributed by atoms with E-state index in [1.165, 1.54) is 43.7 Å². The third-order valence-electron chi connectivity index (χ3n) is 6.90. The minimum atomic E-state index is -1.93. The first kappa shape index (κ1) is 22.3. The molecule has 0 aromatic heterocycles. The Hall–Kier alpha value is -2.89. The monoisotopic (exact) mass is 439 g/mol. The summed E-state index contributed by atoms with van der Waals surface area (Å²) in [4.78, 5) is 0. The van der Waals surface area contributed by atoms with Crippen molar-refractivity contribution >= 4 is 23.2 Å². The largest absolute Gasteiger partial charge is 0.496 e. The van der Waals surface area contributed by atoms with Gasteiger partial charge >= 0.3 is 0 Å². The van der Waals surface area contributed by atoms with Crippen LogP contribution < -0.4 is 20.7 Å². The molecule has 0 aliphatic rings. The highest BCUT2D eigenvalue weighted by Crippen LogP contribution is 2.59. The molecule has 162 valence electrons. The van der Waals surface area contributed by atoms with Crippen LogP contribution in [0.15, 0.2) is 91.0 Å². The third kappa shape index (κ3) is 3.76. The number of rotatable bonds is 6. The minimum absolute atomic E-state index is 0.994. The zero-order valence-corrected chi connectivity index (χ0v) is 20.6. The summed E-state index contributed by atoms with van der Waals surface area (Å²) >= 11 is 0. The molecule has 0 fully saturated rings. The Labute approximate surface area is 193 Å². The van der Waals surface area contributed by atoms with Crippen molar-refractivity contribution in [3.63, 3.8) is 0 Å². The highest BCUT2D eigenvalue weighted by atomic mass is 31.2. The topological polar surface area (TPSA) is 9.23 Å². The lowest BCUT2D eigenvalue weighted by atomic mass is 9.94. The van der Waals surface area contributed by atoms with E-state index < -0.39 is 7.26 Å². The molecular formula is C30H32OP+. The van der Waals surface area contributed by atoms with Crippen molar-refractivity contribution in [1.82, 2.24) is 0 Å². The van der Waals surface area contributed by atoms with Gasteiger partial charge in [0.25, 0.3) is 0 Å². The van der Waals surface area contributed by atoms with E-state index in [0.29, 0.717) is 0 Å². The van der Waals surface area contributed by atoms with Gasteiger partial charge < -0.3 is 4.74 Å². The van der Waals surface area contributed by atoms with Crippen LogP contribution in [-0.2, 0) is 6.16 Å². The van der Waals surface area contributed by atoms with E-state index in [0.717, 1.165) is 11.9 Å². The van der Waals surface area contributed by atoms with E-state index in [1.54, 1.807) is 7.11 Å². The summed E-state index contributed by atoms with van der Waals surface area (Å²) < 4.78 is 5.79. The Morgan fingerprint density at radius 3 is 1.19 bits per heavy atom. The van der Waals surface area contributed by atoms with Crippen LogP contribution in [0.2, 0.25) is 0 Å². The Kier molecular flexibility index (Phi) is 6.49. The fourth-order valence-electron chi connectivity index (χ4n) is 4.90. The molecule has 4 rings (SSSR count). The molecular weight excluding hydrogens is 407 g/mol. The summed E-state index contributed by atoms with van der Waals surface area (Å²) in [6, 6.07) is 33.4. The standard InChI is InChI=1S/C30H32OP/c1-22-24(3)30(31-5)25(4)23(2)29(22)21-32(26-15-9-6-10-16-26,27-17-11-7-12-18-27)28-19-13-8-14-20-28/h6-20H,21H2,1-5H3/q+1. The molecule has 4 aromatic rings. The summed E-state index contributed by atoms with van der Waals surface area (Å²) in [5, 5.41) is 4.26. The van der Waals surface area contributed by atoms with Crippen LogP contribution in [0.5, 0.6) is 5.75 Å². The lowest BCUT2D eigenvalue weighted by Gasteiger charge is -2.30. The molecule has 0 amide bonds. The molecule has 1 nitrogen and oxygen atoms in total. The van der Waals surface area contributed by atoms with Gasteiger partial charge in [-0.1, -0.05) is 54.6 Å². The van der Waals surface area contributed by atoms with Crippen LogP contribution in [0.25, 0.3) is 0 Å². The van der Waals surface area contributed by atoms with E-state index in [1.807, 2.05) is 0 Å². The zero-order chi connectivity index (χ0) is 22.7. The molecule has 0 aliphatic heterocycles. The second-order valence-corrected chi connectivity index (χ2v) is 12.0. The SMILES string of the molecule is COc1c(C)c(C)c(C[P+](c2ccccc2)(c2ccccc2)c2ccccc2)c(C)c1C. The first-order valence-electron chi connectivity index (χ1n) is 11.2. The molecule has 0 heterocycles. The van der Waals surface area contributed by atoms with Crippen LogP contribution in [0.3, 0.4) is 0 Å². The summed E-state index contributed by atoms with van der Waals surface area (Å²) in [5.74, 6) is 1.02. The van der Waals surface area contributed by atoms with Gasteiger partial charge in [0.2, 0.25) is 0 Å². The maximum Gasteiger partial charge on any atom is 0.125 e. The molecule has 0 radical (unpaired) electrons. The number of ether oxygens (including phenoxy) is 1. The number of methoxy groups -OCH3 is 1. The van der Waals surface area contributed by atoms with Crippen LogP contribution in [0, 0.1) is 27.7 Å². The van der Waals surface area contributed by atoms with Crippen molar-refractivity contribution in [3.8, 4) is 5.75 Å². The van der Waals surface area contributed by atoms with Gasteiger partial charge in [0.1, 0.15) is 28.9 Å². The van der Waals surface area contributed by atoms with Crippen LogP contribution in [-0.4, -0.2) is 7.11 Å². The van der Waals surface area contributed by atoms with Gasteiger partial charge in [-0.15, -0.1) is 0 Å². The second kappa shape index (κ2) is 9.31. The van der Waals surface area contributed by atoms with Crippen molar-refractivity contribution < 1.29 is 4.74 Å². The highest BCUT2D eigenvalue weighted by Gasteiger charge is 2.46. The van der Waals surface area contributed by atoms with Gasteiger partial charge in [-0.3, -0.25) is 0 Å². The quantitative estimate of drug-likeness (QED) is 0.315. The summed E-state index contributed by atoms with van der Waals surface area (Å²) in [6.07, 6.45) is 0.994. The summed E-state index contributed by atoms with van der Waals surface area (Å²) in [5.41, 5.74) is 6.63. The van der Waals surface area contributed by atoms with Crippen molar-refractivity contribution in [3.05, 3.63) is 119 Å². The molecule has 0 N–H and O–H groups in total. The molecule has 4 aromatic carbocycles. The molecule has 0 aliphatic carbocycles. The second-order valence-electron chi connectivity index (χ2n) is 8.49. The van der Waals surface area contributed by atoms with E-state index in [2.05, 4.69) is 119 Å². The Morgan fingerprint density at radius 1 is 0.531 bits per heavy atom. The van der Waals surface area contributed by atoms with Crippen molar-refractivity contribution in [1.29, 1.82) is 0 Å². The highest BCUT2D eigenvalue weighted by molar-refractivity contribution is 7.95. The van der Waals surface area contributed by atoms with Gasteiger partial charge in [-0.05, 0) is 91.9 Å². The molecule has 0 bridgehead atoms. The smallest absolute Gasteiger partial charge is 0.125 e. The van der Waals surface area contributed by atoms with Gasteiger partial charge in [0.15, 0.2) is 0 Å². The van der Waals surface area contributed by atoms with Crippen molar-refractivity contribution in [2.24, 2.45) is 0 Å². The van der Waals surface area contributed by atoms with Gasteiger partial charge in [-0.2, -0.15) is 0 Å². The Bertz CT molecular complexity index is 1070. The number of benzene rings is 4. The Balaban J connectivity index is 2.07. The van der Waals surface area contributed by atoms with E-state index in [4.69, 9.17) is 4.74 Å². The fraction of sp³-hybridized carbons (Fsp3) is 0.200. The average molecular weight is 440 g/mol. The molecule has 0 atom stereocenters. The first-order chi connectivity index (χ1) is 15.5. The molecule has 0 saturated carbocycles. The maximum atomic E-state index is 5.79. The summed E-state index contributed by atoms with van der Waals surface area (Å²) in [6.45, 7) is 8.90. The first-order valence-corrected chi connectivity index (χ1v) is 13.2. The predicted octanol–water partition coefficient (Wildman–Crippen LogP) is 6.42. The fourth-order valence-corrected chi connectivity index (χ4v) is 9.34. The summed E-state index contributed by atoms with van der Waals surface area (Å²) in [7, 11) is -0.152. The Morgan fingerprint density at radius 2 is 0.875 bits per heavy atom. The van der Waals surface area contributed by atoms with Crippen molar-refractivity contribution in [2.45, 2.75) is 33.9 Å². The van der Waals surface area contributed by atoms with E-state index in [9.17, 15) is 0 Å². The lowest BCUT2D eigenvalue weighted by Crippen LogP contribution is -2.33. The maximum absolute atomic E-state index is 5.79. The number of hydrogen-bond acceptors (Lipinski definition) is 1. The van der Waals surface area contributed by atoms with E-state index in [-0.39, 0.29) is 0 Å². The van der Waals surface area contributed by atoms with Crippen LogP contribution in [0.1, 0.15) is 27.8 Å². The van der Waals surface area contributed by atoms with Crippen molar-refractivity contribution in [2.75, 3.05) is 7.11 Å². The number of hydrogen-bond donors (Lipinski definition) is 0. The lowest BCUT2D eigenvalue weighted by molar-refractivity contribution is 0.407. The van der Waals surface area contributed by atoms with Gasteiger partial charge in [0.05, 0.1) is 13.3 Å².